The van der Waals surface area contributed by atoms with E-state index in [1.807, 2.05) is 5.43 Å². The van der Waals surface area contributed by atoms with Gasteiger partial charge in [-0.15, -0.1) is 0 Å². The van der Waals surface area contributed by atoms with Gasteiger partial charge in [0.1, 0.15) is 5.60 Å². The van der Waals surface area contributed by atoms with Crippen LogP contribution >= 0.6 is 11.6 Å². The molecule has 4 N–H and O–H groups in total. The lowest BCUT2D eigenvalue weighted by Crippen LogP contribution is -2.38. The van der Waals surface area contributed by atoms with E-state index in [9.17, 15) is 9.59 Å². The fraction of sp³-hybridized carbons (Fsp3) is 0.429. The van der Waals surface area contributed by atoms with Gasteiger partial charge in [-0.05, 0) is 32.4 Å². The predicted molar refractivity (Wildman–Crippen MR) is 80.5 cm³/mol. The molecule has 7 heteroatoms. The summed E-state index contributed by atoms with van der Waals surface area (Å²) < 4.78 is 5.19. The number of hydrazine groups is 1. The van der Waals surface area contributed by atoms with Gasteiger partial charge < -0.3 is 10.1 Å². The Morgan fingerprint density at radius 3 is 2.48 bits per heavy atom. The molecule has 1 unspecified atom stereocenters. The smallest absolute Gasteiger partial charge is 0.408 e. The molecule has 1 rings (SSSR count). The van der Waals surface area contributed by atoms with E-state index in [1.165, 1.54) is 0 Å². The number of ether oxygens (including phenoxy) is 1. The Hall–Kier alpha value is -1.79. The number of carbonyl (C=O) groups excluding carboxylic acids is 2. The van der Waals surface area contributed by atoms with Gasteiger partial charge >= 0.3 is 6.09 Å². The molecule has 1 aromatic rings. The molecule has 0 saturated heterocycles. The molecule has 21 heavy (non-hydrogen) atoms. The Bertz CT molecular complexity index is 514. The molecule has 0 bridgehead atoms. The van der Waals surface area contributed by atoms with Crippen LogP contribution < -0.4 is 16.6 Å². The van der Waals surface area contributed by atoms with Crippen LogP contribution in [0.4, 0.5) is 4.79 Å². The van der Waals surface area contributed by atoms with E-state index in [2.05, 4.69) is 5.32 Å². The van der Waals surface area contributed by atoms with Crippen molar-refractivity contribution < 1.29 is 14.3 Å². The Morgan fingerprint density at radius 2 is 1.95 bits per heavy atom. The van der Waals surface area contributed by atoms with Crippen LogP contribution in [-0.2, 0) is 9.53 Å². The maximum atomic E-state index is 11.9. The second kappa shape index (κ2) is 7.28. The minimum atomic E-state index is -0.634. The summed E-state index contributed by atoms with van der Waals surface area (Å²) >= 11 is 6.11. The summed E-state index contributed by atoms with van der Waals surface area (Å²) in [5, 5.41) is 3.08. The number of hydrogen-bond donors (Lipinski definition) is 3. The molecule has 0 aliphatic heterocycles. The molecule has 0 aliphatic carbocycles. The van der Waals surface area contributed by atoms with Gasteiger partial charge in [-0.2, -0.15) is 0 Å². The van der Waals surface area contributed by atoms with E-state index in [4.69, 9.17) is 22.2 Å². The second-order valence-corrected chi connectivity index (χ2v) is 5.90. The molecule has 0 aliphatic rings. The van der Waals surface area contributed by atoms with Crippen molar-refractivity contribution in [2.24, 2.45) is 5.84 Å². The maximum Gasteiger partial charge on any atom is 0.408 e. The van der Waals surface area contributed by atoms with E-state index in [-0.39, 0.29) is 6.42 Å². The normalized spacial score (nSPS) is 12.4. The Kier molecular flexibility index (Phi) is 5.99. The highest BCUT2D eigenvalue weighted by atomic mass is 35.5. The highest BCUT2D eigenvalue weighted by Crippen LogP contribution is 2.25. The van der Waals surface area contributed by atoms with Crippen molar-refractivity contribution in [2.75, 3.05) is 0 Å². The fourth-order valence-electron chi connectivity index (χ4n) is 1.69. The maximum absolute atomic E-state index is 11.9. The van der Waals surface area contributed by atoms with Crippen molar-refractivity contribution in [3.63, 3.8) is 0 Å². The zero-order valence-corrected chi connectivity index (χ0v) is 13.0. The topological polar surface area (TPSA) is 93.4 Å². The number of hydrogen-bond acceptors (Lipinski definition) is 4. The van der Waals surface area contributed by atoms with Crippen LogP contribution in [0.5, 0.6) is 0 Å². The third-order valence-corrected chi connectivity index (χ3v) is 2.87. The lowest BCUT2D eigenvalue weighted by molar-refractivity contribution is -0.121. The summed E-state index contributed by atoms with van der Waals surface area (Å²) in [4.78, 5) is 23.4. The van der Waals surface area contributed by atoms with Crippen LogP contribution in [0.25, 0.3) is 0 Å². The zero-order chi connectivity index (χ0) is 16.0. The predicted octanol–water partition coefficient (Wildman–Crippen LogP) is 2.29. The van der Waals surface area contributed by atoms with Gasteiger partial charge in [-0.3, -0.25) is 10.2 Å². The second-order valence-electron chi connectivity index (χ2n) is 5.49. The lowest BCUT2D eigenvalue weighted by Gasteiger charge is -2.24. The van der Waals surface area contributed by atoms with Crippen molar-refractivity contribution in [2.45, 2.75) is 38.8 Å². The first-order valence-corrected chi connectivity index (χ1v) is 6.84. The number of alkyl carbamates (subject to hydrolysis) is 1. The van der Waals surface area contributed by atoms with E-state index in [1.54, 1.807) is 45.0 Å². The van der Waals surface area contributed by atoms with Gasteiger partial charge in [-0.25, -0.2) is 10.6 Å². The van der Waals surface area contributed by atoms with Gasteiger partial charge in [0.25, 0.3) is 0 Å². The largest absolute Gasteiger partial charge is 0.444 e. The van der Waals surface area contributed by atoms with Crippen LogP contribution in [0.15, 0.2) is 24.3 Å². The Balaban J connectivity index is 2.91. The summed E-state index contributed by atoms with van der Waals surface area (Å²) in [6, 6.07) is 6.32. The quantitative estimate of drug-likeness (QED) is 0.451. The number of halogens is 1. The van der Waals surface area contributed by atoms with Crippen LogP contribution in [0.1, 0.15) is 38.8 Å². The molecule has 0 radical (unpaired) electrons. The molecule has 0 fully saturated rings. The molecule has 0 spiro atoms. The molecule has 1 atom stereocenters. The standard InChI is InChI=1S/C14H20ClN3O3/c1-14(2,3)21-13(20)17-11(8-12(19)18-16)9-6-4-5-7-10(9)15/h4-7,11H,8,16H2,1-3H3,(H,17,20)(H,18,19). The molecule has 116 valence electrons. The van der Waals surface area contributed by atoms with Gasteiger partial charge in [0.15, 0.2) is 0 Å². The van der Waals surface area contributed by atoms with Crippen molar-refractivity contribution in [1.82, 2.24) is 10.7 Å². The minimum absolute atomic E-state index is 0.0422. The zero-order valence-electron chi connectivity index (χ0n) is 12.3. The molecular formula is C14H20ClN3O3. The van der Waals surface area contributed by atoms with Crippen LogP contribution in [-0.4, -0.2) is 17.6 Å². The first-order chi connectivity index (χ1) is 9.73. The summed E-state index contributed by atoms with van der Waals surface area (Å²) in [5.41, 5.74) is 2.02. The van der Waals surface area contributed by atoms with Crippen LogP contribution in [0.2, 0.25) is 5.02 Å². The lowest BCUT2D eigenvalue weighted by atomic mass is 10.0. The number of rotatable bonds is 4. The molecule has 0 aromatic heterocycles. The summed E-state index contributed by atoms with van der Waals surface area (Å²) in [6.45, 7) is 5.26. The van der Waals surface area contributed by atoms with Crippen LogP contribution in [0.3, 0.4) is 0 Å². The third-order valence-electron chi connectivity index (χ3n) is 2.52. The Labute approximate surface area is 129 Å². The highest BCUT2D eigenvalue weighted by Gasteiger charge is 2.23. The van der Waals surface area contributed by atoms with Crippen molar-refractivity contribution in [3.05, 3.63) is 34.9 Å². The van der Waals surface area contributed by atoms with Crippen molar-refractivity contribution in [1.29, 1.82) is 0 Å². The summed E-state index contributed by atoms with van der Waals surface area (Å²) in [7, 11) is 0. The molecule has 6 nitrogen and oxygen atoms in total. The summed E-state index contributed by atoms with van der Waals surface area (Å²) in [5.74, 6) is 4.67. The number of benzene rings is 1. The molecule has 0 saturated carbocycles. The molecule has 1 aromatic carbocycles. The van der Waals surface area contributed by atoms with Crippen molar-refractivity contribution >= 4 is 23.6 Å². The number of nitrogens with one attached hydrogen (secondary N) is 2. The number of amides is 2. The SMILES string of the molecule is CC(C)(C)OC(=O)NC(CC(=O)NN)c1ccccc1Cl. The monoisotopic (exact) mass is 313 g/mol. The van der Waals surface area contributed by atoms with Gasteiger partial charge in [0.2, 0.25) is 5.91 Å². The van der Waals surface area contributed by atoms with Crippen molar-refractivity contribution in [3.8, 4) is 0 Å². The minimum Gasteiger partial charge on any atom is -0.444 e. The van der Waals surface area contributed by atoms with Gasteiger partial charge in [0, 0.05) is 5.02 Å². The third kappa shape index (κ3) is 6.01. The molecule has 2 amide bonds. The average Bonchev–Trinajstić information content (AvgIpc) is 2.36. The van der Waals surface area contributed by atoms with Gasteiger partial charge in [-0.1, -0.05) is 29.8 Å². The van der Waals surface area contributed by atoms with E-state index < -0.39 is 23.6 Å². The number of carbonyl (C=O) groups is 2. The van der Waals surface area contributed by atoms with E-state index in [0.717, 1.165) is 0 Å². The van der Waals surface area contributed by atoms with E-state index >= 15 is 0 Å². The first kappa shape index (κ1) is 17.3. The fourth-order valence-corrected chi connectivity index (χ4v) is 1.96. The molecular weight excluding hydrogens is 294 g/mol. The highest BCUT2D eigenvalue weighted by molar-refractivity contribution is 6.31. The first-order valence-electron chi connectivity index (χ1n) is 6.46. The molecule has 0 heterocycles. The van der Waals surface area contributed by atoms with Crippen LogP contribution in [0, 0.1) is 0 Å². The van der Waals surface area contributed by atoms with Gasteiger partial charge in [0.05, 0.1) is 12.5 Å². The number of nitrogens with two attached hydrogens (primary N) is 1. The Morgan fingerprint density at radius 1 is 1.33 bits per heavy atom. The van der Waals surface area contributed by atoms with E-state index in [0.29, 0.717) is 10.6 Å². The summed E-state index contributed by atoms with van der Waals surface area (Å²) in [6.07, 6.45) is -0.670. The average molecular weight is 314 g/mol.